The minimum absolute atomic E-state index is 0.507. The van der Waals surface area contributed by atoms with E-state index in [1.807, 2.05) is 19.2 Å². The summed E-state index contributed by atoms with van der Waals surface area (Å²) < 4.78 is 0. The fraction of sp³-hybridized carbons (Fsp3) is 0.600. The van der Waals surface area contributed by atoms with Crippen molar-refractivity contribution in [3.8, 4) is 0 Å². The van der Waals surface area contributed by atoms with E-state index < -0.39 is 0 Å². The minimum atomic E-state index is 0.507. The predicted molar refractivity (Wildman–Crippen MR) is 81.7 cm³/mol. The van der Waals surface area contributed by atoms with Crippen molar-refractivity contribution in [2.45, 2.75) is 45.6 Å². The second kappa shape index (κ2) is 8.04. The molecule has 1 N–H and O–H groups in total. The molecule has 0 saturated carbocycles. The fourth-order valence-electron chi connectivity index (χ4n) is 2.28. The van der Waals surface area contributed by atoms with Gasteiger partial charge in [-0.3, -0.25) is 0 Å². The molecule has 1 aromatic rings. The van der Waals surface area contributed by atoms with Gasteiger partial charge in [0, 0.05) is 6.04 Å². The number of halogens is 2. The van der Waals surface area contributed by atoms with Gasteiger partial charge in [0.15, 0.2) is 0 Å². The lowest BCUT2D eigenvalue weighted by Gasteiger charge is -2.21. The van der Waals surface area contributed by atoms with Gasteiger partial charge in [-0.15, -0.1) is 0 Å². The van der Waals surface area contributed by atoms with Crippen LogP contribution in [0, 0.1) is 5.92 Å². The highest BCUT2D eigenvalue weighted by atomic mass is 35.5. The molecule has 0 amide bonds. The summed E-state index contributed by atoms with van der Waals surface area (Å²) in [7, 11) is 2.03. The molecule has 0 radical (unpaired) electrons. The first kappa shape index (κ1) is 15.8. The van der Waals surface area contributed by atoms with Crippen molar-refractivity contribution in [1.82, 2.24) is 5.32 Å². The molecule has 1 rings (SSSR count). The molecule has 0 bridgehead atoms. The van der Waals surface area contributed by atoms with E-state index in [4.69, 9.17) is 23.2 Å². The molecule has 1 nitrogen and oxygen atoms in total. The Balaban J connectivity index is 2.64. The second-order valence-electron chi connectivity index (χ2n) is 4.86. The summed E-state index contributed by atoms with van der Waals surface area (Å²) in [5, 5.41) is 4.68. The maximum Gasteiger partial charge on any atom is 0.0595 e. The van der Waals surface area contributed by atoms with Gasteiger partial charge < -0.3 is 5.32 Å². The van der Waals surface area contributed by atoms with Gasteiger partial charge in [-0.05, 0) is 43.5 Å². The van der Waals surface area contributed by atoms with Gasteiger partial charge in [-0.25, -0.2) is 0 Å². The standard InChI is InChI=1S/C15H23Cl2N/c1-4-11(5-2)8-13(18-3)9-12-6-7-14(16)15(17)10-12/h6-7,10-11,13,18H,4-5,8-9H2,1-3H3. The number of hydrogen-bond donors (Lipinski definition) is 1. The van der Waals surface area contributed by atoms with Crippen molar-refractivity contribution in [2.24, 2.45) is 5.92 Å². The molecule has 0 aliphatic carbocycles. The molecule has 0 saturated heterocycles. The van der Waals surface area contributed by atoms with Gasteiger partial charge in [0.1, 0.15) is 0 Å². The Bertz CT molecular complexity index is 362. The third-order valence-corrected chi connectivity index (χ3v) is 4.39. The van der Waals surface area contributed by atoms with Crippen LogP contribution in [-0.4, -0.2) is 13.1 Å². The summed E-state index contributed by atoms with van der Waals surface area (Å²) in [6.07, 6.45) is 4.71. The van der Waals surface area contributed by atoms with Crippen LogP contribution < -0.4 is 5.32 Å². The maximum atomic E-state index is 6.05. The van der Waals surface area contributed by atoms with Gasteiger partial charge >= 0.3 is 0 Å². The van der Waals surface area contributed by atoms with Crippen molar-refractivity contribution in [2.75, 3.05) is 7.05 Å². The Morgan fingerprint density at radius 2 is 1.78 bits per heavy atom. The van der Waals surface area contributed by atoms with Gasteiger partial charge in [0.05, 0.1) is 10.0 Å². The molecule has 0 aliphatic rings. The van der Waals surface area contributed by atoms with E-state index in [-0.39, 0.29) is 0 Å². The molecular weight excluding hydrogens is 265 g/mol. The van der Waals surface area contributed by atoms with Gasteiger partial charge in [-0.2, -0.15) is 0 Å². The zero-order valence-electron chi connectivity index (χ0n) is 11.5. The van der Waals surface area contributed by atoms with Crippen LogP contribution >= 0.6 is 23.2 Å². The topological polar surface area (TPSA) is 12.0 Å². The van der Waals surface area contributed by atoms with E-state index in [0.717, 1.165) is 12.3 Å². The Kier molecular flexibility index (Phi) is 7.06. The molecule has 0 aliphatic heterocycles. The van der Waals surface area contributed by atoms with E-state index >= 15 is 0 Å². The Hall–Kier alpha value is -0.240. The predicted octanol–water partition coefficient (Wildman–Crippen LogP) is 4.95. The van der Waals surface area contributed by atoms with Crippen LogP contribution in [-0.2, 0) is 6.42 Å². The quantitative estimate of drug-likeness (QED) is 0.748. The zero-order valence-corrected chi connectivity index (χ0v) is 13.0. The highest BCUT2D eigenvalue weighted by molar-refractivity contribution is 6.42. The van der Waals surface area contributed by atoms with Crippen LogP contribution in [0.15, 0.2) is 18.2 Å². The van der Waals surface area contributed by atoms with Crippen LogP contribution in [0.5, 0.6) is 0 Å². The SMILES string of the molecule is CCC(CC)CC(Cc1ccc(Cl)c(Cl)c1)NC. The molecule has 0 fully saturated rings. The van der Waals surface area contributed by atoms with Gasteiger partial charge in [-0.1, -0.05) is 56.0 Å². The second-order valence-corrected chi connectivity index (χ2v) is 5.67. The van der Waals surface area contributed by atoms with Crippen molar-refractivity contribution in [3.63, 3.8) is 0 Å². The molecule has 1 aromatic carbocycles. The summed E-state index contributed by atoms with van der Waals surface area (Å²) in [5.41, 5.74) is 1.25. The summed E-state index contributed by atoms with van der Waals surface area (Å²) in [6.45, 7) is 4.53. The Morgan fingerprint density at radius 3 is 2.28 bits per heavy atom. The smallest absolute Gasteiger partial charge is 0.0595 e. The molecule has 1 atom stereocenters. The van der Waals surface area contributed by atoms with Crippen molar-refractivity contribution >= 4 is 23.2 Å². The zero-order chi connectivity index (χ0) is 13.5. The molecule has 0 heterocycles. The molecule has 0 spiro atoms. The van der Waals surface area contributed by atoms with Crippen molar-refractivity contribution in [3.05, 3.63) is 33.8 Å². The van der Waals surface area contributed by atoms with Crippen LogP contribution in [0.2, 0.25) is 10.0 Å². The first-order valence-electron chi connectivity index (χ1n) is 6.71. The van der Waals surface area contributed by atoms with Gasteiger partial charge in [0.2, 0.25) is 0 Å². The number of benzene rings is 1. The van der Waals surface area contributed by atoms with Crippen LogP contribution in [0.1, 0.15) is 38.7 Å². The lowest BCUT2D eigenvalue weighted by molar-refractivity contribution is 0.377. The lowest BCUT2D eigenvalue weighted by Crippen LogP contribution is -2.30. The average molecular weight is 288 g/mol. The fourth-order valence-corrected chi connectivity index (χ4v) is 2.60. The number of likely N-dealkylation sites (N-methyl/N-ethyl adjacent to an activating group) is 1. The molecule has 3 heteroatoms. The van der Waals surface area contributed by atoms with Crippen LogP contribution in [0.25, 0.3) is 0 Å². The lowest BCUT2D eigenvalue weighted by atomic mass is 9.91. The van der Waals surface area contributed by atoms with E-state index in [0.29, 0.717) is 16.1 Å². The van der Waals surface area contributed by atoms with Crippen molar-refractivity contribution < 1.29 is 0 Å². The average Bonchev–Trinajstić information content (AvgIpc) is 2.38. The normalized spacial score (nSPS) is 13.0. The summed E-state index contributed by atoms with van der Waals surface area (Å²) in [6, 6.07) is 6.42. The Labute approximate surface area is 121 Å². The monoisotopic (exact) mass is 287 g/mol. The minimum Gasteiger partial charge on any atom is -0.317 e. The third kappa shape index (κ3) is 4.79. The third-order valence-electron chi connectivity index (χ3n) is 3.65. The molecule has 1 unspecified atom stereocenters. The number of nitrogens with one attached hydrogen (secondary N) is 1. The molecule has 102 valence electrons. The van der Waals surface area contributed by atoms with Crippen LogP contribution in [0.3, 0.4) is 0 Å². The van der Waals surface area contributed by atoms with E-state index in [1.54, 1.807) is 0 Å². The summed E-state index contributed by atoms with van der Waals surface area (Å²) in [5.74, 6) is 0.797. The summed E-state index contributed by atoms with van der Waals surface area (Å²) >= 11 is 12.0. The molecular formula is C15H23Cl2N. The van der Waals surface area contributed by atoms with Gasteiger partial charge in [0.25, 0.3) is 0 Å². The highest BCUT2D eigenvalue weighted by Gasteiger charge is 2.13. The van der Waals surface area contributed by atoms with E-state index in [9.17, 15) is 0 Å². The number of hydrogen-bond acceptors (Lipinski definition) is 1. The summed E-state index contributed by atoms with van der Waals surface area (Å²) in [4.78, 5) is 0. The maximum absolute atomic E-state index is 6.05. The van der Waals surface area contributed by atoms with Crippen molar-refractivity contribution in [1.29, 1.82) is 0 Å². The first-order valence-corrected chi connectivity index (χ1v) is 7.47. The van der Waals surface area contributed by atoms with E-state index in [1.165, 1.54) is 24.8 Å². The van der Waals surface area contributed by atoms with Crippen LogP contribution in [0.4, 0.5) is 0 Å². The largest absolute Gasteiger partial charge is 0.317 e. The molecule has 0 aromatic heterocycles. The van der Waals surface area contributed by atoms with E-state index in [2.05, 4.69) is 25.2 Å². The number of rotatable bonds is 7. The molecule has 18 heavy (non-hydrogen) atoms. The Morgan fingerprint density at radius 1 is 1.11 bits per heavy atom. The first-order chi connectivity index (χ1) is 8.60. The highest BCUT2D eigenvalue weighted by Crippen LogP contribution is 2.24.